The van der Waals surface area contributed by atoms with Crippen LogP contribution in [0.3, 0.4) is 0 Å². The molecular weight excluding hydrogens is 422 g/mol. The quantitative estimate of drug-likeness (QED) is 0.417. The summed E-state index contributed by atoms with van der Waals surface area (Å²) in [7, 11) is 0. The number of carbonyl (C=O) groups excluding carboxylic acids is 2. The average Bonchev–Trinajstić information content (AvgIpc) is 2.78. The van der Waals surface area contributed by atoms with Gasteiger partial charge in [-0.3, -0.25) is 25.8 Å². The topological polar surface area (TPSA) is 79.5 Å². The van der Waals surface area contributed by atoms with Crippen molar-refractivity contribution in [2.75, 3.05) is 6.61 Å². The molecule has 3 aromatic carbocycles. The second-order valence-corrected chi connectivity index (χ2v) is 6.99. The Bertz CT molecular complexity index is 1030. The summed E-state index contributed by atoms with van der Waals surface area (Å²) in [6.07, 6.45) is 0. The van der Waals surface area contributed by atoms with Crippen LogP contribution in [-0.2, 0) is 4.79 Å². The highest BCUT2D eigenvalue weighted by Crippen LogP contribution is 2.19. The first-order chi connectivity index (χ1) is 14.5. The van der Waals surface area contributed by atoms with Crippen LogP contribution >= 0.6 is 23.8 Å². The van der Waals surface area contributed by atoms with E-state index < -0.39 is 11.8 Å². The van der Waals surface area contributed by atoms with Crippen molar-refractivity contribution < 1.29 is 14.3 Å². The fourth-order valence-corrected chi connectivity index (χ4v) is 2.76. The van der Waals surface area contributed by atoms with Crippen molar-refractivity contribution in [2.45, 2.75) is 0 Å². The summed E-state index contributed by atoms with van der Waals surface area (Å²) in [4.78, 5) is 24.1. The standard InChI is InChI=1S/C22H18ClN3O3S/c23-18-10-12-19(13-11-18)29-14-20(27)25-26-22(30)24-21(28)17-8-6-16(7-9-17)15-4-2-1-3-5-15/h1-13H,14H2,(H,25,27)(H2,24,26,28,30). The number of thiocarbonyl (C=S) groups is 1. The zero-order valence-corrected chi connectivity index (χ0v) is 17.3. The molecule has 2 amide bonds. The van der Waals surface area contributed by atoms with Crippen LogP contribution in [0.5, 0.6) is 5.75 Å². The number of carbonyl (C=O) groups is 2. The predicted molar refractivity (Wildman–Crippen MR) is 120 cm³/mol. The van der Waals surface area contributed by atoms with Gasteiger partial charge >= 0.3 is 0 Å². The molecule has 0 aliphatic rings. The van der Waals surface area contributed by atoms with Crippen LogP contribution in [0.1, 0.15) is 10.4 Å². The molecule has 152 valence electrons. The van der Waals surface area contributed by atoms with Crippen molar-refractivity contribution >= 4 is 40.7 Å². The van der Waals surface area contributed by atoms with Crippen LogP contribution in [0.25, 0.3) is 11.1 Å². The van der Waals surface area contributed by atoms with E-state index in [4.69, 9.17) is 28.6 Å². The predicted octanol–water partition coefficient (Wildman–Crippen LogP) is 3.72. The molecule has 6 nitrogen and oxygen atoms in total. The van der Waals surface area contributed by atoms with Crippen LogP contribution in [0.2, 0.25) is 5.02 Å². The molecule has 3 aromatic rings. The molecule has 0 spiro atoms. The summed E-state index contributed by atoms with van der Waals surface area (Å²) in [5.41, 5.74) is 7.32. The van der Waals surface area contributed by atoms with E-state index >= 15 is 0 Å². The van der Waals surface area contributed by atoms with Gasteiger partial charge in [0.05, 0.1) is 0 Å². The van der Waals surface area contributed by atoms with Gasteiger partial charge in [0.2, 0.25) is 0 Å². The average molecular weight is 440 g/mol. The van der Waals surface area contributed by atoms with E-state index in [-0.39, 0.29) is 11.7 Å². The molecule has 0 heterocycles. The molecule has 0 unspecified atom stereocenters. The number of rotatable bonds is 5. The van der Waals surface area contributed by atoms with Gasteiger partial charge in [0.15, 0.2) is 11.7 Å². The van der Waals surface area contributed by atoms with Gasteiger partial charge in [-0.1, -0.05) is 54.1 Å². The SMILES string of the molecule is O=C(COc1ccc(Cl)cc1)NNC(=S)NC(=O)c1ccc(-c2ccccc2)cc1. The maximum Gasteiger partial charge on any atom is 0.276 e. The Labute approximate surface area is 184 Å². The smallest absolute Gasteiger partial charge is 0.276 e. The van der Waals surface area contributed by atoms with E-state index in [2.05, 4.69) is 16.2 Å². The molecule has 0 saturated heterocycles. The Hall–Kier alpha value is -3.42. The van der Waals surface area contributed by atoms with Crippen molar-refractivity contribution in [1.29, 1.82) is 0 Å². The Morgan fingerprint density at radius 2 is 1.47 bits per heavy atom. The van der Waals surface area contributed by atoms with E-state index in [9.17, 15) is 9.59 Å². The number of hydrogen-bond acceptors (Lipinski definition) is 4. The van der Waals surface area contributed by atoms with Gasteiger partial charge in [0.1, 0.15) is 5.75 Å². The third kappa shape index (κ3) is 6.30. The number of nitrogens with one attached hydrogen (secondary N) is 3. The monoisotopic (exact) mass is 439 g/mol. The lowest BCUT2D eigenvalue weighted by molar-refractivity contribution is -0.123. The van der Waals surface area contributed by atoms with Gasteiger partial charge in [0, 0.05) is 10.6 Å². The Morgan fingerprint density at radius 1 is 0.833 bits per heavy atom. The lowest BCUT2D eigenvalue weighted by atomic mass is 10.0. The number of hydrazine groups is 1. The van der Waals surface area contributed by atoms with Crippen molar-refractivity contribution in [3.63, 3.8) is 0 Å². The molecule has 0 radical (unpaired) electrons. The molecule has 3 N–H and O–H groups in total. The second kappa shape index (κ2) is 10.4. The Balaban J connectivity index is 1.43. The molecule has 3 rings (SSSR count). The van der Waals surface area contributed by atoms with Crippen LogP contribution in [-0.4, -0.2) is 23.5 Å². The van der Waals surface area contributed by atoms with Crippen molar-refractivity contribution in [3.8, 4) is 16.9 Å². The molecule has 0 aromatic heterocycles. The first-order valence-corrected chi connectivity index (χ1v) is 9.74. The largest absolute Gasteiger partial charge is 0.484 e. The molecule has 0 aliphatic heterocycles. The minimum absolute atomic E-state index is 0.0352. The van der Waals surface area contributed by atoms with E-state index in [0.29, 0.717) is 16.3 Å². The summed E-state index contributed by atoms with van der Waals surface area (Å²) < 4.78 is 5.31. The minimum Gasteiger partial charge on any atom is -0.484 e. The van der Waals surface area contributed by atoms with Crippen molar-refractivity contribution in [3.05, 3.63) is 89.4 Å². The maximum absolute atomic E-state index is 12.3. The van der Waals surface area contributed by atoms with Crippen LogP contribution in [0.4, 0.5) is 0 Å². The number of hydrogen-bond donors (Lipinski definition) is 3. The highest BCUT2D eigenvalue weighted by Gasteiger charge is 2.09. The summed E-state index contributed by atoms with van der Waals surface area (Å²) in [6, 6.07) is 23.6. The van der Waals surface area contributed by atoms with Crippen LogP contribution in [0, 0.1) is 0 Å². The zero-order chi connectivity index (χ0) is 21.3. The molecule has 0 atom stereocenters. The molecule has 0 fully saturated rings. The normalized spacial score (nSPS) is 10.0. The van der Waals surface area contributed by atoms with Crippen molar-refractivity contribution in [2.24, 2.45) is 0 Å². The zero-order valence-electron chi connectivity index (χ0n) is 15.7. The second-order valence-electron chi connectivity index (χ2n) is 6.14. The van der Waals surface area contributed by atoms with E-state index in [1.807, 2.05) is 42.5 Å². The third-order valence-corrected chi connectivity index (χ3v) is 4.44. The first kappa shape index (κ1) is 21.3. The number of halogens is 1. The summed E-state index contributed by atoms with van der Waals surface area (Å²) in [5, 5.41) is 3.04. The Kier molecular flexibility index (Phi) is 7.37. The van der Waals surface area contributed by atoms with Crippen molar-refractivity contribution in [1.82, 2.24) is 16.2 Å². The fraction of sp³-hybridized carbons (Fsp3) is 0.0455. The number of amides is 2. The van der Waals surface area contributed by atoms with E-state index in [0.717, 1.165) is 11.1 Å². The van der Waals surface area contributed by atoms with Gasteiger partial charge in [-0.2, -0.15) is 0 Å². The highest BCUT2D eigenvalue weighted by molar-refractivity contribution is 7.80. The van der Waals surface area contributed by atoms with Gasteiger partial charge in [0.25, 0.3) is 11.8 Å². The van der Waals surface area contributed by atoms with Gasteiger partial charge in [-0.15, -0.1) is 0 Å². The van der Waals surface area contributed by atoms with Gasteiger partial charge < -0.3 is 4.74 Å². The number of benzene rings is 3. The fourth-order valence-electron chi connectivity index (χ4n) is 2.49. The number of ether oxygens (including phenoxy) is 1. The van der Waals surface area contributed by atoms with Gasteiger partial charge in [-0.25, -0.2) is 0 Å². The molecule has 0 saturated carbocycles. The molecule has 0 bridgehead atoms. The highest BCUT2D eigenvalue weighted by atomic mass is 35.5. The maximum atomic E-state index is 12.3. The van der Waals surface area contributed by atoms with Crippen LogP contribution < -0.4 is 20.9 Å². The molecule has 8 heteroatoms. The van der Waals surface area contributed by atoms with Crippen LogP contribution in [0.15, 0.2) is 78.9 Å². The Morgan fingerprint density at radius 3 is 2.13 bits per heavy atom. The van der Waals surface area contributed by atoms with Gasteiger partial charge in [-0.05, 0) is 59.7 Å². The summed E-state index contributed by atoms with van der Waals surface area (Å²) in [5.74, 6) is -0.350. The minimum atomic E-state index is -0.464. The molecule has 0 aliphatic carbocycles. The lowest BCUT2D eigenvalue weighted by Crippen LogP contribution is -2.49. The molecular formula is C22H18ClN3O3S. The summed E-state index contributed by atoms with van der Waals surface area (Å²) >= 11 is 10.8. The molecule has 30 heavy (non-hydrogen) atoms. The summed E-state index contributed by atoms with van der Waals surface area (Å²) in [6.45, 7) is -0.230. The van der Waals surface area contributed by atoms with E-state index in [1.165, 1.54) is 0 Å². The van der Waals surface area contributed by atoms with E-state index in [1.54, 1.807) is 36.4 Å². The first-order valence-electron chi connectivity index (χ1n) is 8.95. The third-order valence-electron chi connectivity index (χ3n) is 3.98. The lowest BCUT2D eigenvalue weighted by Gasteiger charge is -2.11.